The third-order valence-corrected chi connectivity index (χ3v) is 4.76. The Morgan fingerprint density at radius 2 is 1.59 bits per heavy atom. The van der Waals surface area contributed by atoms with E-state index in [0.717, 1.165) is 11.1 Å². The Kier molecular flexibility index (Phi) is 6.56. The fourth-order valence-corrected chi connectivity index (χ4v) is 3.04. The Morgan fingerprint density at radius 1 is 1.05 bits per heavy atom. The molecule has 0 aliphatic heterocycles. The monoisotopic (exact) mass is 350 g/mol. The molecule has 0 aliphatic carbocycles. The van der Waals surface area contributed by atoms with Crippen LogP contribution in [0.2, 0.25) is 10.0 Å². The van der Waals surface area contributed by atoms with Gasteiger partial charge in [0.25, 0.3) is 0 Å². The van der Waals surface area contributed by atoms with Crippen LogP contribution in [0.4, 0.5) is 0 Å². The lowest BCUT2D eigenvalue weighted by Crippen LogP contribution is -2.01. The maximum atomic E-state index is 12.1. The molecule has 1 unspecified atom stereocenters. The fourth-order valence-electron chi connectivity index (χ4n) is 2.03. The molecule has 0 N–H and O–H groups in total. The van der Waals surface area contributed by atoms with E-state index >= 15 is 0 Å². The molecular weight excluding hydrogens is 335 g/mol. The Morgan fingerprint density at radius 3 is 2.14 bits per heavy atom. The topological polar surface area (TPSA) is 17.1 Å². The zero-order chi connectivity index (χ0) is 15.9. The molecule has 0 heterocycles. The maximum Gasteiger partial charge on any atom is 0.157 e. The van der Waals surface area contributed by atoms with E-state index in [1.807, 2.05) is 60.9 Å². The molecule has 2 aromatic carbocycles. The van der Waals surface area contributed by atoms with E-state index in [4.69, 9.17) is 23.2 Å². The average molecular weight is 351 g/mol. The summed E-state index contributed by atoms with van der Waals surface area (Å²) in [6, 6.07) is 15.0. The van der Waals surface area contributed by atoms with Gasteiger partial charge in [0.1, 0.15) is 0 Å². The summed E-state index contributed by atoms with van der Waals surface area (Å²) in [6.07, 6.45) is 5.92. The summed E-state index contributed by atoms with van der Waals surface area (Å²) < 4.78 is 0. The highest BCUT2D eigenvalue weighted by molar-refractivity contribution is 7.98. The minimum absolute atomic E-state index is 0.101. The molecule has 2 rings (SSSR count). The molecule has 0 bridgehead atoms. The molecule has 114 valence electrons. The quantitative estimate of drug-likeness (QED) is 0.588. The standard InChI is InChI=1S/C18H16Cl2OS/c1-22-18(14-5-9-16(20)10-6-14)12-17(21)11-4-13-2-7-15(19)8-3-13/h2-11,18H,12H2,1H3/b11-4+. The van der Waals surface area contributed by atoms with Gasteiger partial charge in [-0.2, -0.15) is 11.8 Å². The van der Waals surface area contributed by atoms with Crippen LogP contribution in [0, 0.1) is 0 Å². The number of thioether (sulfide) groups is 1. The lowest BCUT2D eigenvalue weighted by molar-refractivity contribution is -0.114. The SMILES string of the molecule is CSC(CC(=O)/C=C/c1ccc(Cl)cc1)c1ccc(Cl)cc1. The highest BCUT2D eigenvalue weighted by atomic mass is 35.5. The molecule has 2 aromatic rings. The van der Waals surface area contributed by atoms with Crippen LogP contribution >= 0.6 is 35.0 Å². The fraction of sp³-hybridized carbons (Fsp3) is 0.167. The predicted octanol–water partition coefficient (Wildman–Crippen LogP) is 6.07. The summed E-state index contributed by atoms with van der Waals surface area (Å²) in [5.41, 5.74) is 2.08. The predicted molar refractivity (Wildman–Crippen MR) is 97.8 cm³/mol. The highest BCUT2D eigenvalue weighted by Gasteiger charge is 2.13. The van der Waals surface area contributed by atoms with Crippen molar-refractivity contribution < 1.29 is 4.79 Å². The van der Waals surface area contributed by atoms with Crippen molar-refractivity contribution in [1.82, 2.24) is 0 Å². The van der Waals surface area contributed by atoms with Crippen LogP contribution in [0.3, 0.4) is 0 Å². The lowest BCUT2D eigenvalue weighted by atomic mass is 10.1. The first kappa shape index (κ1) is 17.1. The second kappa shape index (κ2) is 8.42. The van der Waals surface area contributed by atoms with E-state index < -0.39 is 0 Å². The van der Waals surface area contributed by atoms with Crippen LogP contribution in [-0.4, -0.2) is 12.0 Å². The number of halogens is 2. The van der Waals surface area contributed by atoms with Gasteiger partial charge in [0.2, 0.25) is 0 Å². The van der Waals surface area contributed by atoms with E-state index in [0.29, 0.717) is 16.5 Å². The molecule has 4 heteroatoms. The van der Waals surface area contributed by atoms with Gasteiger partial charge in [-0.15, -0.1) is 0 Å². The summed E-state index contributed by atoms with van der Waals surface area (Å²) in [4.78, 5) is 12.1. The molecule has 0 radical (unpaired) electrons. The number of hydrogen-bond acceptors (Lipinski definition) is 2. The normalized spacial score (nSPS) is 12.5. The summed E-state index contributed by atoms with van der Waals surface area (Å²) in [6.45, 7) is 0. The van der Waals surface area contributed by atoms with Gasteiger partial charge in [0, 0.05) is 21.7 Å². The van der Waals surface area contributed by atoms with Crippen LogP contribution in [-0.2, 0) is 4.79 Å². The Balaban J connectivity index is 2.00. The number of hydrogen-bond donors (Lipinski definition) is 0. The van der Waals surface area contributed by atoms with E-state index in [9.17, 15) is 4.79 Å². The molecule has 1 atom stereocenters. The zero-order valence-electron chi connectivity index (χ0n) is 12.1. The van der Waals surface area contributed by atoms with Crippen molar-refractivity contribution in [2.24, 2.45) is 0 Å². The molecule has 0 amide bonds. The first-order valence-corrected chi connectivity index (χ1v) is 8.87. The van der Waals surface area contributed by atoms with Gasteiger partial charge >= 0.3 is 0 Å². The molecule has 1 nitrogen and oxygen atoms in total. The molecule has 0 fully saturated rings. The van der Waals surface area contributed by atoms with Crippen molar-refractivity contribution in [3.63, 3.8) is 0 Å². The van der Waals surface area contributed by atoms with Crippen molar-refractivity contribution >= 4 is 46.8 Å². The number of allylic oxidation sites excluding steroid dienone is 1. The summed E-state index contributed by atoms with van der Waals surface area (Å²) in [5, 5.41) is 1.53. The van der Waals surface area contributed by atoms with Gasteiger partial charge in [0.15, 0.2) is 5.78 Å². The average Bonchev–Trinajstić information content (AvgIpc) is 2.53. The molecule has 0 saturated carbocycles. The van der Waals surface area contributed by atoms with Crippen LogP contribution in [0.1, 0.15) is 22.8 Å². The number of benzene rings is 2. The zero-order valence-corrected chi connectivity index (χ0v) is 14.5. The molecular formula is C18H16Cl2OS. The third-order valence-electron chi connectivity index (χ3n) is 3.24. The molecule has 0 spiro atoms. The first-order valence-electron chi connectivity index (χ1n) is 6.83. The van der Waals surface area contributed by atoms with E-state index in [1.165, 1.54) is 0 Å². The molecule has 0 aliphatic rings. The largest absolute Gasteiger partial charge is 0.295 e. The maximum absolute atomic E-state index is 12.1. The Labute approximate surface area is 145 Å². The summed E-state index contributed by atoms with van der Waals surface area (Å²) in [7, 11) is 0. The number of rotatable bonds is 6. The summed E-state index contributed by atoms with van der Waals surface area (Å²) >= 11 is 13.4. The molecule has 22 heavy (non-hydrogen) atoms. The van der Waals surface area contributed by atoms with Gasteiger partial charge in [-0.05, 0) is 47.7 Å². The lowest BCUT2D eigenvalue weighted by Gasteiger charge is -2.13. The van der Waals surface area contributed by atoms with Crippen LogP contribution < -0.4 is 0 Å². The second-order valence-electron chi connectivity index (χ2n) is 4.83. The Bertz CT molecular complexity index is 648. The number of carbonyl (C=O) groups is 1. The van der Waals surface area contributed by atoms with Gasteiger partial charge < -0.3 is 0 Å². The van der Waals surface area contributed by atoms with Gasteiger partial charge in [-0.1, -0.05) is 53.5 Å². The van der Waals surface area contributed by atoms with Gasteiger partial charge in [-0.3, -0.25) is 4.79 Å². The van der Waals surface area contributed by atoms with Crippen molar-refractivity contribution in [2.75, 3.05) is 6.26 Å². The van der Waals surface area contributed by atoms with Crippen LogP contribution in [0.25, 0.3) is 6.08 Å². The van der Waals surface area contributed by atoms with Crippen molar-refractivity contribution in [2.45, 2.75) is 11.7 Å². The van der Waals surface area contributed by atoms with E-state index in [2.05, 4.69) is 0 Å². The van der Waals surface area contributed by atoms with E-state index in [-0.39, 0.29) is 11.0 Å². The van der Waals surface area contributed by atoms with Gasteiger partial charge in [-0.25, -0.2) is 0 Å². The highest BCUT2D eigenvalue weighted by Crippen LogP contribution is 2.31. The minimum atomic E-state index is 0.101. The first-order chi connectivity index (χ1) is 10.6. The van der Waals surface area contributed by atoms with Gasteiger partial charge in [0.05, 0.1) is 0 Å². The number of carbonyl (C=O) groups excluding carboxylic acids is 1. The molecule has 0 saturated heterocycles. The van der Waals surface area contributed by atoms with Crippen LogP contribution in [0.5, 0.6) is 0 Å². The van der Waals surface area contributed by atoms with Crippen molar-refractivity contribution in [3.05, 3.63) is 75.8 Å². The Hall–Kier alpha value is -1.22. The second-order valence-corrected chi connectivity index (χ2v) is 6.74. The van der Waals surface area contributed by atoms with Crippen LogP contribution in [0.15, 0.2) is 54.6 Å². The molecule has 0 aromatic heterocycles. The van der Waals surface area contributed by atoms with E-state index in [1.54, 1.807) is 17.8 Å². The van der Waals surface area contributed by atoms with Crippen molar-refractivity contribution in [1.29, 1.82) is 0 Å². The number of ketones is 1. The third kappa shape index (κ3) is 5.20. The van der Waals surface area contributed by atoms with Crippen molar-refractivity contribution in [3.8, 4) is 0 Å². The minimum Gasteiger partial charge on any atom is -0.295 e. The smallest absolute Gasteiger partial charge is 0.157 e. The summed E-state index contributed by atoms with van der Waals surface area (Å²) in [5.74, 6) is 0.101.